The van der Waals surface area contributed by atoms with Crippen LogP contribution in [-0.2, 0) is 23.2 Å². The van der Waals surface area contributed by atoms with Gasteiger partial charge in [-0.2, -0.15) is 5.10 Å². The number of aryl methyl sites for hydroxylation is 1. The zero-order valence-corrected chi connectivity index (χ0v) is 21.7. The van der Waals surface area contributed by atoms with Gasteiger partial charge in [0.1, 0.15) is 5.82 Å². The SMILES string of the molecule is [2H][C@H](c1ccc(-c2ccc3c(cnn3C)c2)cc1F)N(C(=O)C1CCCCC1)c1cccc(/C=C/C(C)=O)c1. The van der Waals surface area contributed by atoms with Crippen molar-refractivity contribution in [2.75, 3.05) is 4.90 Å². The number of hydrogen-bond acceptors (Lipinski definition) is 3. The molecule has 1 atom stereocenters. The topological polar surface area (TPSA) is 55.2 Å². The third-order valence-electron chi connectivity index (χ3n) is 7.20. The van der Waals surface area contributed by atoms with Crippen LogP contribution in [0.2, 0.25) is 0 Å². The second-order valence-electron chi connectivity index (χ2n) is 9.99. The molecule has 1 aliphatic carbocycles. The standard InChI is InChI=1S/C32H32FN3O2/c1-22(37)11-12-23-7-6-10-29(17-23)36(32(38)24-8-4-3-5-9-24)21-27-14-13-26(19-30(27)33)25-15-16-31-28(18-25)20-34-35(31)2/h6-7,10-20,24H,3-5,8-9,21H2,1-2H3/b12-11+/i21D/t21-/m1/s1. The maximum absolute atomic E-state index is 15.7. The number of hydrogen-bond donors (Lipinski definition) is 0. The highest BCUT2D eigenvalue weighted by atomic mass is 19.1. The van der Waals surface area contributed by atoms with Crippen LogP contribution in [0, 0.1) is 11.7 Å². The molecule has 0 bridgehead atoms. The first-order valence-electron chi connectivity index (χ1n) is 13.6. The van der Waals surface area contributed by atoms with Crippen molar-refractivity contribution in [3.63, 3.8) is 0 Å². The van der Waals surface area contributed by atoms with Gasteiger partial charge in [-0.3, -0.25) is 14.3 Å². The Kier molecular flexibility index (Phi) is 7.12. The number of ketones is 1. The molecule has 1 saturated carbocycles. The molecule has 0 unspecified atom stereocenters. The molecule has 3 aromatic carbocycles. The summed E-state index contributed by atoms with van der Waals surface area (Å²) in [5.41, 5.74) is 3.91. The van der Waals surface area contributed by atoms with Crippen LogP contribution in [0.25, 0.3) is 28.1 Å². The van der Waals surface area contributed by atoms with Crippen LogP contribution < -0.4 is 4.90 Å². The van der Waals surface area contributed by atoms with E-state index in [1.54, 1.807) is 47.3 Å². The number of benzene rings is 3. The van der Waals surface area contributed by atoms with Gasteiger partial charge in [-0.15, -0.1) is 0 Å². The minimum Gasteiger partial charge on any atom is -0.308 e. The Balaban J connectivity index is 1.50. The minimum absolute atomic E-state index is 0.0845. The Bertz CT molecular complexity index is 1550. The summed E-state index contributed by atoms with van der Waals surface area (Å²) < 4.78 is 26.5. The van der Waals surface area contributed by atoms with Crippen molar-refractivity contribution in [1.29, 1.82) is 0 Å². The molecule has 6 heteroatoms. The monoisotopic (exact) mass is 510 g/mol. The highest BCUT2D eigenvalue weighted by Gasteiger charge is 2.28. The van der Waals surface area contributed by atoms with Crippen LogP contribution in [0.5, 0.6) is 0 Å². The lowest BCUT2D eigenvalue weighted by atomic mass is 9.88. The van der Waals surface area contributed by atoms with Gasteiger partial charge in [-0.05, 0) is 72.9 Å². The van der Waals surface area contributed by atoms with E-state index in [2.05, 4.69) is 5.10 Å². The number of amides is 1. The number of fused-ring (bicyclic) bond motifs is 1. The van der Waals surface area contributed by atoms with Crippen molar-refractivity contribution < 1.29 is 15.4 Å². The normalized spacial score (nSPS) is 15.5. The van der Waals surface area contributed by atoms with E-state index >= 15 is 4.39 Å². The van der Waals surface area contributed by atoms with Crippen LogP contribution in [0.3, 0.4) is 0 Å². The first-order valence-corrected chi connectivity index (χ1v) is 13.1. The minimum atomic E-state index is -1.26. The zero-order chi connectivity index (χ0) is 27.5. The van der Waals surface area contributed by atoms with Gasteiger partial charge >= 0.3 is 0 Å². The van der Waals surface area contributed by atoms with Crippen LogP contribution in [0.1, 0.15) is 51.5 Å². The summed E-state index contributed by atoms with van der Waals surface area (Å²) in [6, 6.07) is 17.8. The highest BCUT2D eigenvalue weighted by Crippen LogP contribution is 2.31. The maximum atomic E-state index is 15.7. The number of allylic oxidation sites excluding steroid dienone is 1. The van der Waals surface area contributed by atoms with Crippen molar-refractivity contribution in [3.8, 4) is 11.1 Å². The summed E-state index contributed by atoms with van der Waals surface area (Å²) in [6.07, 6.45) is 9.50. The molecule has 1 heterocycles. The number of anilines is 1. The van der Waals surface area contributed by atoms with E-state index < -0.39 is 12.3 Å². The predicted octanol–water partition coefficient (Wildman–Crippen LogP) is 7.10. The molecule has 0 radical (unpaired) electrons. The molecular weight excluding hydrogens is 477 g/mol. The van der Waals surface area contributed by atoms with Gasteiger partial charge in [-0.1, -0.05) is 55.7 Å². The predicted molar refractivity (Wildman–Crippen MR) is 150 cm³/mol. The summed E-state index contributed by atoms with van der Waals surface area (Å²) in [7, 11) is 1.88. The number of aromatic nitrogens is 2. The summed E-state index contributed by atoms with van der Waals surface area (Å²) in [5.74, 6) is -0.976. The van der Waals surface area contributed by atoms with Crippen LogP contribution >= 0.6 is 0 Å². The van der Waals surface area contributed by atoms with Crippen molar-refractivity contribution in [3.05, 3.63) is 89.9 Å². The molecule has 5 nitrogen and oxygen atoms in total. The summed E-state index contributed by atoms with van der Waals surface area (Å²) in [4.78, 5) is 26.7. The van der Waals surface area contributed by atoms with Crippen molar-refractivity contribution in [2.45, 2.75) is 45.5 Å². The fourth-order valence-electron chi connectivity index (χ4n) is 5.10. The van der Waals surface area contributed by atoms with Crippen molar-refractivity contribution >= 4 is 34.4 Å². The maximum Gasteiger partial charge on any atom is 0.230 e. The molecule has 38 heavy (non-hydrogen) atoms. The van der Waals surface area contributed by atoms with Crippen LogP contribution in [-0.4, -0.2) is 21.5 Å². The first kappa shape index (κ1) is 24.3. The summed E-state index contributed by atoms with van der Waals surface area (Å²) in [5, 5.41) is 5.23. The fourth-order valence-corrected chi connectivity index (χ4v) is 5.10. The molecule has 1 amide bonds. The Morgan fingerprint density at radius 2 is 1.84 bits per heavy atom. The molecule has 4 aromatic rings. The lowest BCUT2D eigenvalue weighted by Crippen LogP contribution is -2.37. The highest BCUT2D eigenvalue weighted by molar-refractivity contribution is 5.96. The largest absolute Gasteiger partial charge is 0.308 e. The van der Waals surface area contributed by atoms with Crippen LogP contribution in [0.4, 0.5) is 10.1 Å². The quantitative estimate of drug-likeness (QED) is 0.249. The zero-order valence-electron chi connectivity index (χ0n) is 22.7. The molecule has 1 aromatic heterocycles. The fraction of sp³-hybridized carbons (Fsp3) is 0.281. The number of carbonyl (C=O) groups is 2. The van der Waals surface area contributed by atoms with E-state index in [4.69, 9.17) is 1.37 Å². The molecule has 0 N–H and O–H groups in total. The summed E-state index contributed by atoms with van der Waals surface area (Å²) >= 11 is 0. The third kappa shape index (κ3) is 5.59. The van der Waals surface area contributed by atoms with Crippen LogP contribution in [0.15, 0.2) is 72.9 Å². The molecule has 0 spiro atoms. The van der Waals surface area contributed by atoms with Gasteiger partial charge in [0, 0.05) is 29.6 Å². The van der Waals surface area contributed by atoms with Gasteiger partial charge in [0.15, 0.2) is 5.78 Å². The van der Waals surface area contributed by atoms with E-state index in [-0.39, 0.29) is 23.2 Å². The number of nitrogens with zero attached hydrogens (tertiary/aromatic N) is 3. The Hall–Kier alpha value is -4.06. The average Bonchev–Trinajstić information content (AvgIpc) is 3.32. The Morgan fingerprint density at radius 3 is 2.61 bits per heavy atom. The lowest BCUT2D eigenvalue weighted by Gasteiger charge is -2.30. The lowest BCUT2D eigenvalue weighted by molar-refractivity contribution is -0.123. The molecule has 0 aliphatic heterocycles. The second kappa shape index (κ2) is 11.1. The van der Waals surface area contributed by atoms with E-state index in [9.17, 15) is 9.59 Å². The molecule has 5 rings (SSSR count). The second-order valence-corrected chi connectivity index (χ2v) is 9.99. The number of halogens is 1. The van der Waals surface area contributed by atoms with Gasteiger partial charge in [-0.25, -0.2) is 4.39 Å². The van der Waals surface area contributed by atoms with Gasteiger partial charge < -0.3 is 4.90 Å². The van der Waals surface area contributed by atoms with E-state index in [0.717, 1.165) is 54.1 Å². The third-order valence-corrected chi connectivity index (χ3v) is 7.20. The van der Waals surface area contributed by atoms with E-state index in [1.165, 1.54) is 24.0 Å². The van der Waals surface area contributed by atoms with Crippen molar-refractivity contribution in [2.24, 2.45) is 13.0 Å². The Labute approximate surface area is 224 Å². The van der Waals surface area contributed by atoms with Gasteiger partial charge in [0.05, 0.1) is 19.6 Å². The van der Waals surface area contributed by atoms with E-state index in [1.807, 2.05) is 31.3 Å². The first-order chi connectivity index (χ1) is 18.8. The summed E-state index contributed by atoms with van der Waals surface area (Å²) in [6.45, 7) is 0.210. The number of rotatable bonds is 7. The van der Waals surface area contributed by atoms with Gasteiger partial charge in [0.2, 0.25) is 5.91 Å². The molecule has 194 valence electrons. The van der Waals surface area contributed by atoms with E-state index in [0.29, 0.717) is 11.3 Å². The number of carbonyl (C=O) groups excluding carboxylic acids is 2. The Morgan fingerprint density at radius 1 is 1.08 bits per heavy atom. The average molecular weight is 511 g/mol. The molecule has 1 aliphatic rings. The molecule has 0 saturated heterocycles. The van der Waals surface area contributed by atoms with Gasteiger partial charge in [0.25, 0.3) is 0 Å². The molecular formula is C32H32FN3O2. The molecule has 1 fully saturated rings. The smallest absolute Gasteiger partial charge is 0.230 e. The van der Waals surface area contributed by atoms with Crippen molar-refractivity contribution in [1.82, 2.24) is 9.78 Å².